The second kappa shape index (κ2) is 7.49. The molecule has 9 nitrogen and oxygen atoms in total. The zero-order valence-electron chi connectivity index (χ0n) is 15.2. The summed E-state index contributed by atoms with van der Waals surface area (Å²) in [6.07, 6.45) is 2.02. The highest BCUT2D eigenvalue weighted by Gasteiger charge is 2.20. The number of carbonyl (C=O) groups is 1. The van der Waals surface area contributed by atoms with Crippen LogP contribution in [0.4, 0.5) is 0 Å². The van der Waals surface area contributed by atoms with Crippen molar-refractivity contribution >= 4 is 27.0 Å². The molecule has 0 saturated heterocycles. The number of carboxylic acids is 1. The molecule has 148 valence electrons. The quantitative estimate of drug-likeness (QED) is 0.610. The van der Waals surface area contributed by atoms with Gasteiger partial charge in [0, 0.05) is 6.54 Å². The third-order valence-electron chi connectivity index (χ3n) is 4.32. The van der Waals surface area contributed by atoms with Crippen molar-refractivity contribution in [3.63, 3.8) is 0 Å². The third kappa shape index (κ3) is 3.78. The Balaban J connectivity index is 1.99. The summed E-state index contributed by atoms with van der Waals surface area (Å²) in [6, 6.07) is 7.87. The normalized spacial score (nSPS) is 11.5. The van der Waals surface area contributed by atoms with Gasteiger partial charge < -0.3 is 19.1 Å². The summed E-state index contributed by atoms with van der Waals surface area (Å²) in [5, 5.41) is 14.5. The lowest BCUT2D eigenvalue weighted by atomic mass is 10.1. The summed E-state index contributed by atoms with van der Waals surface area (Å²) >= 11 is 0. The Morgan fingerprint density at radius 1 is 1.18 bits per heavy atom. The highest BCUT2D eigenvalue weighted by atomic mass is 32.2. The van der Waals surface area contributed by atoms with Crippen LogP contribution in [0, 0.1) is 0 Å². The molecule has 0 aliphatic carbocycles. The van der Waals surface area contributed by atoms with Gasteiger partial charge in [-0.25, -0.2) is 23.3 Å². The van der Waals surface area contributed by atoms with E-state index in [0.717, 1.165) is 11.6 Å². The van der Waals surface area contributed by atoms with Crippen LogP contribution in [-0.2, 0) is 23.0 Å². The summed E-state index contributed by atoms with van der Waals surface area (Å²) in [5.41, 5.74) is 1.27. The number of sulfonamides is 1. The van der Waals surface area contributed by atoms with Crippen molar-refractivity contribution in [3.05, 3.63) is 47.8 Å². The van der Waals surface area contributed by atoms with E-state index in [1.807, 2.05) is 12.1 Å². The standard InChI is InChI=1S/C18H19N3O6S/c1-26-14-4-3-11(7-15(14)27-2)5-6-21-10-20-13-8-12(18(22)23)9-16(17(13)21)28(19,24)25/h3-4,7-10H,5-6H2,1-2H3,(H,22,23)(H2,19,24,25). The number of benzene rings is 2. The van der Waals surface area contributed by atoms with E-state index in [1.165, 1.54) is 12.4 Å². The Bertz CT molecular complexity index is 1150. The Morgan fingerprint density at radius 2 is 1.89 bits per heavy atom. The number of rotatable bonds is 7. The number of primary sulfonamides is 1. The fourth-order valence-electron chi connectivity index (χ4n) is 2.97. The maximum Gasteiger partial charge on any atom is 0.335 e. The molecule has 0 aliphatic heterocycles. The third-order valence-corrected chi connectivity index (χ3v) is 5.25. The van der Waals surface area contributed by atoms with Crippen molar-refractivity contribution in [1.29, 1.82) is 0 Å². The van der Waals surface area contributed by atoms with Gasteiger partial charge in [0.1, 0.15) is 4.90 Å². The van der Waals surface area contributed by atoms with Crippen LogP contribution >= 0.6 is 0 Å². The van der Waals surface area contributed by atoms with Gasteiger partial charge >= 0.3 is 5.97 Å². The Hall–Kier alpha value is -3.11. The molecule has 1 heterocycles. The molecule has 2 aromatic carbocycles. The predicted molar refractivity (Wildman–Crippen MR) is 101 cm³/mol. The molecular formula is C18H19N3O6S. The maximum atomic E-state index is 12.0. The van der Waals surface area contributed by atoms with Crippen molar-refractivity contribution in [2.45, 2.75) is 17.9 Å². The molecule has 0 saturated carbocycles. The molecule has 0 fully saturated rings. The summed E-state index contributed by atoms with van der Waals surface area (Å²) in [6.45, 7) is 0.404. The molecule has 0 radical (unpaired) electrons. The molecule has 1 aromatic heterocycles. The molecular weight excluding hydrogens is 386 g/mol. The van der Waals surface area contributed by atoms with Gasteiger partial charge in [0.25, 0.3) is 0 Å². The monoisotopic (exact) mass is 405 g/mol. The first-order valence-corrected chi connectivity index (χ1v) is 9.75. The highest BCUT2D eigenvalue weighted by Crippen LogP contribution is 2.28. The van der Waals surface area contributed by atoms with Gasteiger partial charge in [-0.2, -0.15) is 0 Å². The summed E-state index contributed by atoms with van der Waals surface area (Å²) in [5.74, 6) is -0.0597. The topological polar surface area (TPSA) is 134 Å². The minimum Gasteiger partial charge on any atom is -0.493 e. The van der Waals surface area contributed by atoms with E-state index in [4.69, 9.17) is 14.6 Å². The number of methoxy groups -OCH3 is 2. The average Bonchev–Trinajstić information content (AvgIpc) is 3.07. The van der Waals surface area contributed by atoms with E-state index in [1.54, 1.807) is 24.9 Å². The molecule has 0 unspecified atom stereocenters. The van der Waals surface area contributed by atoms with Crippen LogP contribution < -0.4 is 14.6 Å². The minimum atomic E-state index is -4.14. The van der Waals surface area contributed by atoms with E-state index in [2.05, 4.69) is 4.98 Å². The van der Waals surface area contributed by atoms with E-state index in [0.29, 0.717) is 24.5 Å². The lowest BCUT2D eigenvalue weighted by Gasteiger charge is -2.11. The molecule has 3 aromatic rings. The van der Waals surface area contributed by atoms with Crippen molar-refractivity contribution in [2.24, 2.45) is 5.14 Å². The first kappa shape index (κ1) is 19.6. The fourth-order valence-corrected chi connectivity index (χ4v) is 3.75. The minimum absolute atomic E-state index is 0.193. The number of aromatic carboxylic acids is 1. The van der Waals surface area contributed by atoms with Crippen LogP contribution in [0.2, 0.25) is 0 Å². The van der Waals surface area contributed by atoms with Gasteiger partial charge in [-0.1, -0.05) is 6.07 Å². The zero-order valence-corrected chi connectivity index (χ0v) is 16.1. The van der Waals surface area contributed by atoms with Crippen LogP contribution in [0.1, 0.15) is 15.9 Å². The summed E-state index contributed by atoms with van der Waals surface area (Å²) < 4.78 is 36.2. The summed E-state index contributed by atoms with van der Waals surface area (Å²) in [4.78, 5) is 15.1. The van der Waals surface area contributed by atoms with Gasteiger partial charge in [-0.3, -0.25) is 0 Å². The lowest BCUT2D eigenvalue weighted by molar-refractivity contribution is 0.0696. The van der Waals surface area contributed by atoms with Crippen LogP contribution in [-0.4, -0.2) is 43.3 Å². The first-order chi connectivity index (χ1) is 13.2. The van der Waals surface area contributed by atoms with E-state index >= 15 is 0 Å². The van der Waals surface area contributed by atoms with Gasteiger partial charge in [0.15, 0.2) is 11.5 Å². The number of aromatic nitrogens is 2. The Kier molecular flexibility index (Phi) is 5.25. The molecule has 0 amide bonds. The molecule has 3 N–H and O–H groups in total. The number of fused-ring (bicyclic) bond motifs is 1. The van der Waals surface area contributed by atoms with Crippen LogP contribution in [0.15, 0.2) is 41.6 Å². The van der Waals surface area contributed by atoms with E-state index in [9.17, 15) is 18.3 Å². The molecule has 0 atom stereocenters. The SMILES string of the molecule is COc1ccc(CCn2cnc3cc(C(=O)O)cc(S(N)(=O)=O)c32)cc1OC. The molecule has 28 heavy (non-hydrogen) atoms. The Labute approximate surface area is 161 Å². The van der Waals surface area contributed by atoms with E-state index < -0.39 is 16.0 Å². The smallest absolute Gasteiger partial charge is 0.335 e. The number of aryl methyl sites for hydroxylation is 2. The summed E-state index contributed by atoms with van der Waals surface area (Å²) in [7, 11) is -1.05. The van der Waals surface area contributed by atoms with Crippen molar-refractivity contribution in [1.82, 2.24) is 9.55 Å². The number of hydrogen-bond acceptors (Lipinski definition) is 6. The predicted octanol–water partition coefficient (Wildman–Crippen LogP) is 1.64. The fraction of sp³-hybridized carbons (Fsp3) is 0.222. The number of imidazole rings is 1. The van der Waals surface area contributed by atoms with Gasteiger partial charge in [0.2, 0.25) is 10.0 Å². The maximum absolute atomic E-state index is 12.0. The molecule has 0 aliphatic rings. The van der Waals surface area contributed by atoms with Crippen molar-refractivity contribution in [3.8, 4) is 11.5 Å². The van der Waals surface area contributed by atoms with Crippen LogP contribution in [0.3, 0.4) is 0 Å². The zero-order chi connectivity index (χ0) is 20.5. The number of nitrogens with two attached hydrogens (primary N) is 1. The largest absolute Gasteiger partial charge is 0.493 e. The molecule has 0 spiro atoms. The highest BCUT2D eigenvalue weighted by molar-refractivity contribution is 7.89. The molecule has 10 heteroatoms. The van der Waals surface area contributed by atoms with E-state index in [-0.39, 0.29) is 21.5 Å². The van der Waals surface area contributed by atoms with Crippen LogP contribution in [0.25, 0.3) is 11.0 Å². The second-order valence-electron chi connectivity index (χ2n) is 6.07. The second-order valence-corrected chi connectivity index (χ2v) is 7.60. The number of hydrogen-bond donors (Lipinski definition) is 2. The van der Waals surface area contributed by atoms with Gasteiger partial charge in [0.05, 0.1) is 37.1 Å². The van der Waals surface area contributed by atoms with Crippen LogP contribution in [0.5, 0.6) is 11.5 Å². The number of carboxylic acid groups (broad SMARTS) is 1. The van der Waals surface area contributed by atoms with Crippen molar-refractivity contribution in [2.75, 3.05) is 14.2 Å². The average molecular weight is 405 g/mol. The van der Waals surface area contributed by atoms with Gasteiger partial charge in [-0.15, -0.1) is 0 Å². The van der Waals surface area contributed by atoms with Crippen molar-refractivity contribution < 1.29 is 27.8 Å². The molecule has 0 bridgehead atoms. The lowest BCUT2D eigenvalue weighted by Crippen LogP contribution is -2.15. The first-order valence-electron chi connectivity index (χ1n) is 8.20. The number of ether oxygens (including phenoxy) is 2. The molecule has 3 rings (SSSR count). The number of nitrogens with zero attached hydrogens (tertiary/aromatic N) is 2. The van der Waals surface area contributed by atoms with Gasteiger partial charge in [-0.05, 0) is 36.2 Å². The Morgan fingerprint density at radius 3 is 2.50 bits per heavy atom.